The van der Waals surface area contributed by atoms with Crippen LogP contribution in [0.2, 0.25) is 0 Å². The standard InChI is InChI=1S/C15H16N2O5/c1-20-7-8-22-15(19)12(9-16)10-17-13-5-3-11(4-6-13)14(18)21-2/h3-6,10,17H,7-8H2,1-2H3. The summed E-state index contributed by atoms with van der Waals surface area (Å²) < 4.78 is 14.2. The molecular weight excluding hydrogens is 288 g/mol. The molecule has 1 rings (SSSR count). The third-order valence-electron chi connectivity index (χ3n) is 2.55. The van der Waals surface area contributed by atoms with Crippen molar-refractivity contribution >= 4 is 17.6 Å². The molecule has 0 aromatic heterocycles. The Morgan fingerprint density at radius 2 is 1.91 bits per heavy atom. The lowest BCUT2D eigenvalue weighted by Crippen LogP contribution is -2.12. The van der Waals surface area contributed by atoms with Crippen molar-refractivity contribution in [3.8, 4) is 6.07 Å². The van der Waals surface area contributed by atoms with Gasteiger partial charge in [-0.05, 0) is 24.3 Å². The second-order valence-electron chi connectivity index (χ2n) is 4.01. The average molecular weight is 304 g/mol. The van der Waals surface area contributed by atoms with E-state index in [-0.39, 0.29) is 18.8 Å². The van der Waals surface area contributed by atoms with E-state index in [2.05, 4.69) is 10.1 Å². The molecule has 0 amide bonds. The normalized spacial score (nSPS) is 10.5. The van der Waals surface area contributed by atoms with Gasteiger partial charge < -0.3 is 19.5 Å². The third kappa shape index (κ3) is 5.26. The zero-order valence-corrected chi connectivity index (χ0v) is 12.3. The first-order valence-corrected chi connectivity index (χ1v) is 6.33. The molecule has 7 heteroatoms. The molecule has 116 valence electrons. The van der Waals surface area contributed by atoms with Crippen LogP contribution in [0.1, 0.15) is 10.4 Å². The Morgan fingerprint density at radius 1 is 1.23 bits per heavy atom. The molecule has 0 bridgehead atoms. The molecule has 22 heavy (non-hydrogen) atoms. The van der Waals surface area contributed by atoms with Gasteiger partial charge in [0.15, 0.2) is 5.57 Å². The molecule has 0 fully saturated rings. The van der Waals surface area contributed by atoms with Crippen LogP contribution >= 0.6 is 0 Å². The highest BCUT2D eigenvalue weighted by molar-refractivity contribution is 5.93. The van der Waals surface area contributed by atoms with Gasteiger partial charge in [-0.1, -0.05) is 0 Å². The minimum absolute atomic E-state index is 0.0716. The molecule has 0 saturated heterocycles. The van der Waals surface area contributed by atoms with Gasteiger partial charge in [-0.2, -0.15) is 5.26 Å². The lowest BCUT2D eigenvalue weighted by Gasteiger charge is -2.05. The first-order chi connectivity index (χ1) is 10.6. The lowest BCUT2D eigenvalue weighted by molar-refractivity contribution is -0.139. The van der Waals surface area contributed by atoms with Crippen LogP contribution in [-0.2, 0) is 19.0 Å². The second kappa shape index (κ2) is 9.15. The summed E-state index contributed by atoms with van der Waals surface area (Å²) in [5.74, 6) is -1.18. The molecule has 1 aromatic carbocycles. The van der Waals surface area contributed by atoms with Crippen LogP contribution in [0.4, 0.5) is 5.69 Å². The number of methoxy groups -OCH3 is 2. The Balaban J connectivity index is 2.66. The van der Waals surface area contributed by atoms with E-state index in [1.54, 1.807) is 30.3 Å². The number of anilines is 1. The molecule has 0 radical (unpaired) electrons. The quantitative estimate of drug-likeness (QED) is 0.352. The topological polar surface area (TPSA) is 97.6 Å². The van der Waals surface area contributed by atoms with E-state index >= 15 is 0 Å². The summed E-state index contributed by atoms with van der Waals surface area (Å²) in [7, 11) is 2.78. The van der Waals surface area contributed by atoms with Crippen LogP contribution in [0.3, 0.4) is 0 Å². The van der Waals surface area contributed by atoms with E-state index in [4.69, 9.17) is 14.7 Å². The maximum absolute atomic E-state index is 11.6. The number of hydrogen-bond donors (Lipinski definition) is 1. The molecule has 1 aromatic rings. The van der Waals surface area contributed by atoms with E-state index < -0.39 is 11.9 Å². The molecule has 0 spiro atoms. The van der Waals surface area contributed by atoms with Crippen molar-refractivity contribution < 1.29 is 23.8 Å². The van der Waals surface area contributed by atoms with Gasteiger partial charge >= 0.3 is 11.9 Å². The van der Waals surface area contributed by atoms with E-state index in [9.17, 15) is 9.59 Å². The number of ether oxygens (including phenoxy) is 3. The highest BCUT2D eigenvalue weighted by Gasteiger charge is 2.10. The number of rotatable bonds is 7. The summed E-state index contributed by atoms with van der Waals surface area (Å²) in [6.45, 7) is 0.328. The second-order valence-corrected chi connectivity index (χ2v) is 4.01. The van der Waals surface area contributed by atoms with Gasteiger partial charge in [0, 0.05) is 19.0 Å². The van der Waals surface area contributed by atoms with Crippen molar-refractivity contribution in [2.75, 3.05) is 32.8 Å². The van der Waals surface area contributed by atoms with Crippen molar-refractivity contribution in [1.29, 1.82) is 5.26 Å². The number of nitrogens with zero attached hydrogens (tertiary/aromatic N) is 1. The van der Waals surface area contributed by atoms with Crippen LogP contribution in [0.25, 0.3) is 0 Å². The van der Waals surface area contributed by atoms with Crippen molar-refractivity contribution in [2.45, 2.75) is 0 Å². The number of nitriles is 1. The Kier molecular flexibility index (Phi) is 7.16. The van der Waals surface area contributed by atoms with Crippen LogP contribution in [0.15, 0.2) is 36.0 Å². The third-order valence-corrected chi connectivity index (χ3v) is 2.55. The van der Waals surface area contributed by atoms with Crippen molar-refractivity contribution in [3.05, 3.63) is 41.6 Å². The van der Waals surface area contributed by atoms with Gasteiger partial charge in [-0.15, -0.1) is 0 Å². The van der Waals surface area contributed by atoms with Crippen LogP contribution in [0, 0.1) is 11.3 Å². The largest absolute Gasteiger partial charge is 0.465 e. The molecule has 0 aliphatic rings. The Morgan fingerprint density at radius 3 is 2.45 bits per heavy atom. The van der Waals surface area contributed by atoms with E-state index in [0.29, 0.717) is 11.3 Å². The molecular formula is C15H16N2O5. The molecule has 0 heterocycles. The number of carbonyl (C=O) groups excluding carboxylic acids is 2. The molecule has 1 N–H and O–H groups in total. The molecule has 0 aliphatic carbocycles. The number of esters is 2. The molecule has 0 atom stereocenters. The Bertz CT molecular complexity index is 587. The summed E-state index contributed by atoms with van der Waals surface area (Å²) >= 11 is 0. The predicted octanol–water partition coefficient (Wildman–Crippen LogP) is 1.48. The Hall–Kier alpha value is -2.85. The fraction of sp³-hybridized carbons (Fsp3) is 0.267. The van der Waals surface area contributed by atoms with Gasteiger partial charge in [0.25, 0.3) is 0 Å². The molecule has 0 aliphatic heterocycles. The molecule has 0 unspecified atom stereocenters. The van der Waals surface area contributed by atoms with E-state index in [1.807, 2.05) is 0 Å². The van der Waals surface area contributed by atoms with E-state index in [1.165, 1.54) is 20.4 Å². The molecule has 0 saturated carbocycles. The number of hydrogen-bond acceptors (Lipinski definition) is 7. The number of nitrogens with one attached hydrogen (secondary N) is 1. The minimum Gasteiger partial charge on any atom is -0.465 e. The zero-order valence-electron chi connectivity index (χ0n) is 12.3. The summed E-state index contributed by atoms with van der Waals surface area (Å²) in [4.78, 5) is 22.9. The maximum atomic E-state index is 11.6. The highest BCUT2D eigenvalue weighted by Crippen LogP contribution is 2.11. The Labute approximate surface area is 128 Å². The van der Waals surface area contributed by atoms with Gasteiger partial charge in [-0.25, -0.2) is 9.59 Å². The summed E-state index contributed by atoms with van der Waals surface area (Å²) in [6.07, 6.45) is 1.24. The number of carbonyl (C=O) groups is 2. The lowest BCUT2D eigenvalue weighted by atomic mass is 10.2. The fourth-order valence-corrected chi connectivity index (χ4v) is 1.41. The van der Waals surface area contributed by atoms with Crippen LogP contribution in [0.5, 0.6) is 0 Å². The first kappa shape index (κ1) is 17.2. The highest BCUT2D eigenvalue weighted by atomic mass is 16.6. The monoisotopic (exact) mass is 304 g/mol. The fourth-order valence-electron chi connectivity index (χ4n) is 1.41. The maximum Gasteiger partial charge on any atom is 0.350 e. The summed E-state index contributed by atoms with van der Waals surface area (Å²) in [5.41, 5.74) is 0.828. The van der Waals surface area contributed by atoms with Crippen LogP contribution in [-0.4, -0.2) is 39.4 Å². The SMILES string of the molecule is COCCOC(=O)C(C#N)=CNc1ccc(C(=O)OC)cc1. The van der Waals surface area contributed by atoms with Gasteiger partial charge in [0.1, 0.15) is 12.7 Å². The van der Waals surface area contributed by atoms with Crippen LogP contribution < -0.4 is 5.32 Å². The minimum atomic E-state index is -0.738. The van der Waals surface area contributed by atoms with Gasteiger partial charge in [0.2, 0.25) is 0 Å². The van der Waals surface area contributed by atoms with E-state index in [0.717, 1.165) is 0 Å². The van der Waals surface area contributed by atoms with Crippen molar-refractivity contribution in [2.24, 2.45) is 0 Å². The first-order valence-electron chi connectivity index (χ1n) is 6.33. The van der Waals surface area contributed by atoms with Gasteiger partial charge in [0.05, 0.1) is 19.3 Å². The summed E-state index contributed by atoms with van der Waals surface area (Å²) in [6, 6.07) is 8.11. The smallest absolute Gasteiger partial charge is 0.350 e. The van der Waals surface area contributed by atoms with Gasteiger partial charge in [-0.3, -0.25) is 0 Å². The number of benzene rings is 1. The van der Waals surface area contributed by atoms with Crippen molar-refractivity contribution in [1.82, 2.24) is 0 Å². The summed E-state index contributed by atoms with van der Waals surface area (Å²) in [5, 5.41) is 11.7. The average Bonchev–Trinajstić information content (AvgIpc) is 2.55. The molecule has 7 nitrogen and oxygen atoms in total. The zero-order chi connectivity index (χ0) is 16.4. The van der Waals surface area contributed by atoms with Crippen molar-refractivity contribution in [3.63, 3.8) is 0 Å². The predicted molar refractivity (Wildman–Crippen MR) is 77.9 cm³/mol.